The van der Waals surface area contributed by atoms with Gasteiger partial charge in [-0.2, -0.15) is 0 Å². The van der Waals surface area contributed by atoms with Crippen molar-refractivity contribution >= 4 is 11.6 Å². The zero-order valence-corrected chi connectivity index (χ0v) is 14.3. The highest BCUT2D eigenvalue weighted by Gasteiger charge is 2.43. The van der Waals surface area contributed by atoms with E-state index < -0.39 is 0 Å². The summed E-state index contributed by atoms with van der Waals surface area (Å²) in [6.45, 7) is 3.24. The van der Waals surface area contributed by atoms with Crippen molar-refractivity contribution in [1.82, 2.24) is 25.6 Å². The van der Waals surface area contributed by atoms with Crippen molar-refractivity contribution in [2.75, 3.05) is 6.54 Å². The van der Waals surface area contributed by atoms with Gasteiger partial charge >= 0.3 is 0 Å². The van der Waals surface area contributed by atoms with Gasteiger partial charge in [-0.05, 0) is 49.4 Å². The number of rotatable bonds is 1. The molecule has 1 unspecified atom stereocenters. The molecule has 6 heteroatoms. The van der Waals surface area contributed by atoms with Crippen LogP contribution in [-0.4, -0.2) is 27.6 Å². The molecule has 1 saturated heterocycles. The van der Waals surface area contributed by atoms with Gasteiger partial charge in [0.05, 0.1) is 11.7 Å². The number of hydrogen-bond acceptors (Lipinski definition) is 4. The molecule has 5 nitrogen and oxygen atoms in total. The molecule has 23 heavy (non-hydrogen) atoms. The van der Waals surface area contributed by atoms with E-state index in [1.165, 1.54) is 11.1 Å². The van der Waals surface area contributed by atoms with E-state index >= 15 is 0 Å². The number of hydrogen-bond donors (Lipinski definition) is 2. The van der Waals surface area contributed by atoms with Gasteiger partial charge in [-0.15, -0.1) is 5.10 Å². The van der Waals surface area contributed by atoms with E-state index in [2.05, 4.69) is 40.0 Å². The minimum atomic E-state index is -0.00890. The van der Waals surface area contributed by atoms with Crippen molar-refractivity contribution in [2.24, 2.45) is 7.05 Å². The van der Waals surface area contributed by atoms with Gasteiger partial charge in [0, 0.05) is 36.4 Å². The molecule has 0 saturated carbocycles. The Hall–Kier alpha value is -1.43. The molecule has 3 atom stereocenters. The Morgan fingerprint density at radius 3 is 3.00 bits per heavy atom. The molecule has 0 amide bonds. The largest absolute Gasteiger partial charge is 0.307 e. The van der Waals surface area contributed by atoms with Crippen LogP contribution in [0.5, 0.6) is 0 Å². The number of nitrogens with one attached hydrogen (secondary N) is 2. The van der Waals surface area contributed by atoms with Gasteiger partial charge < -0.3 is 10.6 Å². The maximum atomic E-state index is 6.21. The molecule has 3 heterocycles. The summed E-state index contributed by atoms with van der Waals surface area (Å²) in [7, 11) is 1.91. The first kappa shape index (κ1) is 15.1. The van der Waals surface area contributed by atoms with Crippen LogP contribution in [0, 0.1) is 0 Å². The fourth-order valence-electron chi connectivity index (χ4n) is 4.26. The fraction of sp³-hybridized carbons (Fsp3) is 0.529. The Morgan fingerprint density at radius 2 is 2.22 bits per heavy atom. The second-order valence-electron chi connectivity index (χ2n) is 6.91. The van der Waals surface area contributed by atoms with E-state index in [1.807, 2.05) is 19.3 Å². The van der Waals surface area contributed by atoms with Gasteiger partial charge in [-0.25, -0.2) is 0 Å². The van der Waals surface area contributed by atoms with E-state index in [1.54, 1.807) is 4.68 Å². The number of benzene rings is 1. The van der Waals surface area contributed by atoms with Gasteiger partial charge in [0.15, 0.2) is 0 Å². The second kappa shape index (κ2) is 5.58. The fourth-order valence-corrected chi connectivity index (χ4v) is 4.46. The Kier molecular flexibility index (Phi) is 3.67. The third-order valence-electron chi connectivity index (χ3n) is 5.11. The van der Waals surface area contributed by atoms with Crippen LogP contribution in [0.3, 0.4) is 0 Å². The van der Waals surface area contributed by atoms with Crippen molar-refractivity contribution in [1.29, 1.82) is 0 Å². The molecule has 1 aromatic carbocycles. The van der Waals surface area contributed by atoms with Crippen LogP contribution in [0.2, 0.25) is 5.02 Å². The van der Waals surface area contributed by atoms with Crippen LogP contribution < -0.4 is 10.6 Å². The summed E-state index contributed by atoms with van der Waals surface area (Å²) in [4.78, 5) is 0. The summed E-state index contributed by atoms with van der Waals surface area (Å²) in [6.07, 6.45) is 5.09. The molecule has 0 aliphatic carbocycles. The SMILES string of the molecule is C[C@H]1CC2(C[C@@H](c3cn(C)nn3)N1)NCCc1cc(Cl)ccc12. The van der Waals surface area contributed by atoms with Crippen LogP contribution in [0.15, 0.2) is 24.4 Å². The van der Waals surface area contributed by atoms with Crippen LogP contribution >= 0.6 is 11.6 Å². The highest BCUT2D eigenvalue weighted by atomic mass is 35.5. The first-order chi connectivity index (χ1) is 11.1. The number of aryl methyl sites for hydroxylation is 1. The quantitative estimate of drug-likeness (QED) is 0.842. The number of aromatic nitrogens is 3. The third-order valence-corrected chi connectivity index (χ3v) is 5.35. The van der Waals surface area contributed by atoms with Crippen molar-refractivity contribution in [2.45, 2.75) is 43.8 Å². The number of fused-ring (bicyclic) bond motifs is 2. The van der Waals surface area contributed by atoms with Crippen LogP contribution in [0.4, 0.5) is 0 Å². The standard InChI is InChI=1S/C17H22ClN5/c1-11-8-17(9-15(20-11)16-10-23(2)22-21-16)14-4-3-13(18)7-12(14)5-6-19-17/h3-4,7,10-11,15,19-20H,5-6,8-9H2,1-2H3/t11-,15-,17?/m0/s1. The van der Waals surface area contributed by atoms with Gasteiger partial charge in [0.2, 0.25) is 0 Å². The van der Waals surface area contributed by atoms with Gasteiger partial charge in [-0.3, -0.25) is 4.68 Å². The van der Waals surface area contributed by atoms with Gasteiger partial charge in [0.25, 0.3) is 0 Å². The molecule has 2 aliphatic heterocycles. The van der Waals surface area contributed by atoms with Crippen LogP contribution in [0.25, 0.3) is 0 Å². The predicted molar refractivity (Wildman–Crippen MR) is 90.4 cm³/mol. The Bertz CT molecular complexity index is 728. The molecule has 0 bridgehead atoms. The number of halogens is 1. The van der Waals surface area contributed by atoms with Crippen molar-refractivity contribution in [3.63, 3.8) is 0 Å². The summed E-state index contributed by atoms with van der Waals surface area (Å²) >= 11 is 6.21. The monoisotopic (exact) mass is 331 g/mol. The lowest BCUT2D eigenvalue weighted by atomic mass is 9.72. The highest BCUT2D eigenvalue weighted by Crippen LogP contribution is 2.43. The van der Waals surface area contributed by atoms with E-state index in [4.69, 9.17) is 11.6 Å². The summed E-state index contributed by atoms with van der Waals surface area (Å²) in [6, 6.07) is 6.96. The maximum absolute atomic E-state index is 6.21. The lowest BCUT2D eigenvalue weighted by Crippen LogP contribution is -2.56. The lowest BCUT2D eigenvalue weighted by Gasteiger charge is -2.48. The Morgan fingerprint density at radius 1 is 1.35 bits per heavy atom. The van der Waals surface area contributed by atoms with E-state index in [9.17, 15) is 0 Å². The molecular weight excluding hydrogens is 310 g/mol. The minimum absolute atomic E-state index is 0.00890. The predicted octanol–water partition coefficient (Wildman–Crippen LogP) is 2.32. The smallest absolute Gasteiger partial charge is 0.0997 e. The molecular formula is C17H22ClN5. The highest BCUT2D eigenvalue weighted by molar-refractivity contribution is 6.30. The molecule has 1 aromatic heterocycles. The zero-order chi connectivity index (χ0) is 16.0. The molecule has 1 fully saturated rings. The van der Waals surface area contributed by atoms with Gasteiger partial charge in [-0.1, -0.05) is 22.9 Å². The Labute approximate surface area is 141 Å². The topological polar surface area (TPSA) is 54.8 Å². The van der Waals surface area contributed by atoms with E-state index in [0.717, 1.165) is 36.5 Å². The van der Waals surface area contributed by atoms with E-state index in [-0.39, 0.29) is 11.6 Å². The summed E-state index contributed by atoms with van der Waals surface area (Å²) in [5.41, 5.74) is 3.78. The van der Waals surface area contributed by atoms with Gasteiger partial charge in [0.1, 0.15) is 0 Å². The van der Waals surface area contributed by atoms with Crippen molar-refractivity contribution in [3.05, 3.63) is 46.2 Å². The molecule has 2 N–H and O–H groups in total. The zero-order valence-electron chi connectivity index (χ0n) is 13.5. The lowest BCUT2D eigenvalue weighted by molar-refractivity contribution is 0.161. The summed E-state index contributed by atoms with van der Waals surface area (Å²) in [5.74, 6) is 0. The summed E-state index contributed by atoms with van der Waals surface area (Å²) in [5, 5.41) is 16.7. The molecule has 2 aliphatic rings. The normalized spacial score (nSPS) is 30.4. The molecule has 4 rings (SSSR count). The molecule has 0 radical (unpaired) electrons. The third kappa shape index (κ3) is 2.67. The average Bonchev–Trinajstić information content (AvgIpc) is 2.93. The second-order valence-corrected chi connectivity index (χ2v) is 7.34. The summed E-state index contributed by atoms with van der Waals surface area (Å²) < 4.78 is 1.77. The average molecular weight is 332 g/mol. The number of piperidine rings is 1. The van der Waals surface area contributed by atoms with Crippen LogP contribution in [-0.2, 0) is 19.0 Å². The molecule has 1 spiro atoms. The first-order valence-corrected chi connectivity index (χ1v) is 8.60. The first-order valence-electron chi connectivity index (χ1n) is 8.22. The Balaban J connectivity index is 1.73. The van der Waals surface area contributed by atoms with Crippen molar-refractivity contribution < 1.29 is 0 Å². The minimum Gasteiger partial charge on any atom is -0.307 e. The van der Waals surface area contributed by atoms with Crippen molar-refractivity contribution in [3.8, 4) is 0 Å². The van der Waals surface area contributed by atoms with E-state index in [0.29, 0.717) is 6.04 Å². The van der Waals surface area contributed by atoms with Crippen LogP contribution in [0.1, 0.15) is 42.6 Å². The number of nitrogens with zero attached hydrogens (tertiary/aromatic N) is 3. The molecule has 122 valence electrons. The molecule has 2 aromatic rings. The maximum Gasteiger partial charge on any atom is 0.0997 e.